The zero-order valence-corrected chi connectivity index (χ0v) is 23.2. The molecule has 8 heteroatoms. The third-order valence-electron chi connectivity index (χ3n) is 6.35. The third-order valence-corrected chi connectivity index (χ3v) is 8.14. The fourth-order valence-electron chi connectivity index (χ4n) is 4.22. The smallest absolute Gasteiger partial charge is 0.264 e. The van der Waals surface area contributed by atoms with Gasteiger partial charge in [0.25, 0.3) is 10.0 Å². The highest BCUT2D eigenvalue weighted by Gasteiger charge is 2.33. The van der Waals surface area contributed by atoms with Crippen molar-refractivity contribution in [3.63, 3.8) is 0 Å². The molecule has 0 aliphatic rings. The standard InChI is InChI=1S/C30H37N3O4S/c1-4-21-31-30(35)28(5-2)32(22-20-25-12-8-6-9-13-25)29(34)23-33(26-14-10-7-11-15-26)38(36,37)27-18-16-24(3)17-19-27/h6-19,28H,4-5,20-23H2,1-3H3,(H,31,35). The maximum atomic E-state index is 13.9. The Hall–Kier alpha value is -3.65. The molecule has 3 aromatic rings. The summed E-state index contributed by atoms with van der Waals surface area (Å²) in [6.45, 7) is 6.08. The molecule has 7 nitrogen and oxygen atoms in total. The highest BCUT2D eigenvalue weighted by atomic mass is 32.2. The van der Waals surface area contributed by atoms with Gasteiger partial charge in [0.1, 0.15) is 12.6 Å². The molecule has 3 rings (SSSR count). The number of hydrogen-bond donors (Lipinski definition) is 1. The zero-order valence-electron chi connectivity index (χ0n) is 22.3. The lowest BCUT2D eigenvalue weighted by molar-refractivity contribution is -0.139. The first-order valence-corrected chi connectivity index (χ1v) is 14.5. The van der Waals surface area contributed by atoms with Gasteiger partial charge in [-0.25, -0.2) is 8.42 Å². The largest absolute Gasteiger partial charge is 0.354 e. The predicted octanol–water partition coefficient (Wildman–Crippen LogP) is 4.57. The number of hydrogen-bond acceptors (Lipinski definition) is 4. The van der Waals surface area contributed by atoms with Gasteiger partial charge >= 0.3 is 0 Å². The fraction of sp³-hybridized carbons (Fsp3) is 0.333. The van der Waals surface area contributed by atoms with Crippen molar-refractivity contribution in [1.29, 1.82) is 0 Å². The predicted molar refractivity (Wildman–Crippen MR) is 151 cm³/mol. The molecular weight excluding hydrogens is 498 g/mol. The molecule has 0 fully saturated rings. The Kier molecular flexibility index (Phi) is 10.5. The maximum Gasteiger partial charge on any atom is 0.264 e. The van der Waals surface area contributed by atoms with Crippen LogP contribution in [-0.4, -0.2) is 50.8 Å². The van der Waals surface area contributed by atoms with E-state index < -0.39 is 28.5 Å². The lowest BCUT2D eigenvalue weighted by Gasteiger charge is -2.33. The van der Waals surface area contributed by atoms with Gasteiger partial charge in [-0.2, -0.15) is 0 Å². The van der Waals surface area contributed by atoms with Crippen molar-refractivity contribution in [3.8, 4) is 0 Å². The van der Waals surface area contributed by atoms with Gasteiger partial charge in [0.05, 0.1) is 10.6 Å². The first-order valence-electron chi connectivity index (χ1n) is 13.0. The summed E-state index contributed by atoms with van der Waals surface area (Å²) in [4.78, 5) is 28.6. The summed E-state index contributed by atoms with van der Waals surface area (Å²) in [6.07, 6.45) is 1.73. The zero-order chi connectivity index (χ0) is 27.5. The Bertz CT molecular complexity index is 1280. The molecule has 1 unspecified atom stereocenters. The number of rotatable bonds is 13. The molecule has 0 bridgehead atoms. The van der Waals surface area contributed by atoms with Crippen LogP contribution in [0.5, 0.6) is 0 Å². The number of aryl methyl sites for hydroxylation is 1. The van der Waals surface area contributed by atoms with Crippen LogP contribution in [0.3, 0.4) is 0 Å². The van der Waals surface area contributed by atoms with E-state index in [1.54, 1.807) is 54.6 Å². The summed E-state index contributed by atoms with van der Waals surface area (Å²) in [6, 6.07) is 24.2. The van der Waals surface area contributed by atoms with E-state index in [0.29, 0.717) is 25.1 Å². The summed E-state index contributed by atoms with van der Waals surface area (Å²) in [5.74, 6) is -0.664. The SMILES string of the molecule is CCCNC(=O)C(CC)N(CCc1ccccc1)C(=O)CN(c1ccccc1)S(=O)(=O)c1ccc(C)cc1. The van der Waals surface area contributed by atoms with Gasteiger partial charge in [-0.1, -0.05) is 80.1 Å². The highest BCUT2D eigenvalue weighted by molar-refractivity contribution is 7.92. The van der Waals surface area contributed by atoms with Crippen LogP contribution in [0.4, 0.5) is 5.69 Å². The normalized spacial score (nSPS) is 12.0. The Labute approximate surface area is 226 Å². The number of amides is 2. The van der Waals surface area contributed by atoms with E-state index in [2.05, 4.69) is 5.32 Å². The Morgan fingerprint density at radius 1 is 0.868 bits per heavy atom. The number of benzene rings is 3. The van der Waals surface area contributed by atoms with Gasteiger partial charge in [-0.3, -0.25) is 13.9 Å². The first-order chi connectivity index (χ1) is 18.3. The minimum absolute atomic E-state index is 0.100. The number of carbonyl (C=O) groups excluding carboxylic acids is 2. The molecule has 0 saturated heterocycles. The van der Waals surface area contributed by atoms with Crippen molar-refractivity contribution >= 4 is 27.5 Å². The lowest BCUT2D eigenvalue weighted by atomic mass is 10.1. The molecule has 202 valence electrons. The quantitative estimate of drug-likeness (QED) is 0.348. The molecular formula is C30H37N3O4S. The van der Waals surface area contributed by atoms with E-state index in [1.165, 1.54) is 4.90 Å². The van der Waals surface area contributed by atoms with E-state index in [4.69, 9.17) is 0 Å². The molecule has 1 atom stereocenters. The fourth-order valence-corrected chi connectivity index (χ4v) is 5.64. The summed E-state index contributed by atoms with van der Waals surface area (Å²) in [7, 11) is -4.05. The van der Waals surface area contributed by atoms with Crippen molar-refractivity contribution in [2.75, 3.05) is 23.9 Å². The topological polar surface area (TPSA) is 86.8 Å². The summed E-state index contributed by atoms with van der Waals surface area (Å²) in [5.41, 5.74) is 2.34. The van der Waals surface area contributed by atoms with E-state index in [0.717, 1.165) is 21.9 Å². The van der Waals surface area contributed by atoms with Crippen LogP contribution in [-0.2, 0) is 26.0 Å². The average molecular weight is 536 g/mol. The lowest BCUT2D eigenvalue weighted by Crippen LogP contribution is -2.53. The number of carbonyl (C=O) groups is 2. The second-order valence-corrected chi connectivity index (χ2v) is 11.1. The molecule has 0 spiro atoms. The molecule has 0 aromatic heterocycles. The van der Waals surface area contributed by atoms with Gasteiger partial charge in [0, 0.05) is 13.1 Å². The van der Waals surface area contributed by atoms with Crippen molar-refractivity contribution < 1.29 is 18.0 Å². The van der Waals surface area contributed by atoms with E-state index in [1.807, 2.05) is 51.1 Å². The second kappa shape index (κ2) is 13.8. The molecule has 0 aliphatic heterocycles. The minimum atomic E-state index is -4.05. The second-order valence-electron chi connectivity index (χ2n) is 9.20. The monoisotopic (exact) mass is 535 g/mol. The summed E-state index contributed by atoms with van der Waals surface area (Å²) < 4.78 is 28.7. The Balaban J connectivity index is 1.96. The average Bonchev–Trinajstić information content (AvgIpc) is 2.93. The highest BCUT2D eigenvalue weighted by Crippen LogP contribution is 2.24. The van der Waals surface area contributed by atoms with Crippen LogP contribution in [0, 0.1) is 6.92 Å². The molecule has 0 radical (unpaired) electrons. The van der Waals surface area contributed by atoms with Crippen LogP contribution in [0.25, 0.3) is 0 Å². The maximum absolute atomic E-state index is 13.9. The van der Waals surface area contributed by atoms with Crippen LogP contribution in [0.1, 0.15) is 37.8 Å². The molecule has 0 heterocycles. The van der Waals surface area contributed by atoms with Crippen molar-refractivity contribution in [1.82, 2.24) is 10.2 Å². The minimum Gasteiger partial charge on any atom is -0.354 e. The molecule has 3 aromatic carbocycles. The first kappa shape index (κ1) is 28.9. The number of anilines is 1. The van der Waals surface area contributed by atoms with E-state index in [9.17, 15) is 18.0 Å². The van der Waals surface area contributed by atoms with Gasteiger partial charge in [0.15, 0.2) is 0 Å². The van der Waals surface area contributed by atoms with Crippen LogP contribution in [0.2, 0.25) is 0 Å². The molecule has 0 saturated carbocycles. The molecule has 38 heavy (non-hydrogen) atoms. The van der Waals surface area contributed by atoms with Crippen molar-refractivity contribution in [2.45, 2.75) is 51.0 Å². The molecule has 0 aliphatic carbocycles. The van der Waals surface area contributed by atoms with Crippen molar-refractivity contribution in [3.05, 3.63) is 96.1 Å². The molecule has 1 N–H and O–H groups in total. The van der Waals surface area contributed by atoms with Crippen molar-refractivity contribution in [2.24, 2.45) is 0 Å². The number of nitrogens with one attached hydrogen (secondary N) is 1. The van der Waals surface area contributed by atoms with E-state index in [-0.39, 0.29) is 17.3 Å². The summed E-state index contributed by atoms with van der Waals surface area (Å²) >= 11 is 0. The molecule has 2 amide bonds. The van der Waals surface area contributed by atoms with Gasteiger partial charge in [0.2, 0.25) is 11.8 Å². The number of nitrogens with zero attached hydrogens (tertiary/aromatic N) is 2. The van der Waals surface area contributed by atoms with Crippen LogP contribution in [0.15, 0.2) is 89.8 Å². The van der Waals surface area contributed by atoms with Crippen LogP contribution >= 0.6 is 0 Å². The number of para-hydroxylation sites is 1. The number of sulfonamides is 1. The van der Waals surface area contributed by atoms with Crippen LogP contribution < -0.4 is 9.62 Å². The van der Waals surface area contributed by atoms with E-state index >= 15 is 0 Å². The van der Waals surface area contributed by atoms with Gasteiger partial charge in [-0.15, -0.1) is 0 Å². The van der Waals surface area contributed by atoms with Gasteiger partial charge in [-0.05, 0) is 56.0 Å². The Morgan fingerprint density at radius 2 is 1.47 bits per heavy atom. The summed E-state index contributed by atoms with van der Waals surface area (Å²) in [5, 5.41) is 2.90. The Morgan fingerprint density at radius 3 is 2.05 bits per heavy atom. The third kappa shape index (κ3) is 7.44. The van der Waals surface area contributed by atoms with Gasteiger partial charge < -0.3 is 10.2 Å².